The van der Waals surface area contributed by atoms with Crippen LogP contribution in [0, 0.1) is 11.3 Å². The van der Waals surface area contributed by atoms with Gasteiger partial charge < -0.3 is 11.1 Å². The van der Waals surface area contributed by atoms with Crippen LogP contribution in [0.4, 0.5) is 0 Å². The average Bonchev–Trinajstić information content (AvgIpc) is 3.22. The highest BCUT2D eigenvalue weighted by Gasteiger charge is 2.54. The SMILES string of the molecule is NCCc1ccc(CNC(=O)C2(C3CC3)CCC2)cc1. The maximum Gasteiger partial charge on any atom is 0.226 e. The lowest BCUT2D eigenvalue weighted by Crippen LogP contribution is -2.47. The van der Waals surface area contributed by atoms with Gasteiger partial charge in [-0.1, -0.05) is 30.7 Å². The molecule has 1 aromatic carbocycles. The lowest BCUT2D eigenvalue weighted by Gasteiger charge is -2.40. The van der Waals surface area contributed by atoms with E-state index >= 15 is 0 Å². The Balaban J connectivity index is 1.54. The molecule has 3 N–H and O–H groups in total. The van der Waals surface area contributed by atoms with Crippen LogP contribution in [0.15, 0.2) is 24.3 Å². The van der Waals surface area contributed by atoms with Crippen LogP contribution in [0.3, 0.4) is 0 Å². The summed E-state index contributed by atoms with van der Waals surface area (Å²) in [7, 11) is 0. The molecule has 2 aliphatic rings. The summed E-state index contributed by atoms with van der Waals surface area (Å²) in [6.07, 6.45) is 6.83. The molecule has 0 aliphatic heterocycles. The van der Waals surface area contributed by atoms with Gasteiger partial charge in [0.1, 0.15) is 0 Å². The zero-order valence-corrected chi connectivity index (χ0v) is 12.0. The van der Waals surface area contributed by atoms with Crippen molar-refractivity contribution in [1.29, 1.82) is 0 Å². The Morgan fingerprint density at radius 1 is 1.20 bits per heavy atom. The molecule has 1 aromatic rings. The Morgan fingerprint density at radius 2 is 1.85 bits per heavy atom. The molecule has 3 nitrogen and oxygen atoms in total. The van der Waals surface area contributed by atoms with Crippen molar-refractivity contribution in [2.75, 3.05) is 6.54 Å². The maximum absolute atomic E-state index is 12.4. The van der Waals surface area contributed by atoms with Crippen LogP contribution >= 0.6 is 0 Å². The summed E-state index contributed by atoms with van der Waals surface area (Å²) in [6, 6.07) is 8.40. The molecule has 0 radical (unpaired) electrons. The highest BCUT2D eigenvalue weighted by Crippen LogP contribution is 2.57. The van der Waals surface area contributed by atoms with Gasteiger partial charge in [-0.2, -0.15) is 0 Å². The second kappa shape index (κ2) is 5.57. The molecule has 0 aromatic heterocycles. The Bertz CT molecular complexity index is 472. The third-order valence-electron chi connectivity index (χ3n) is 4.97. The predicted octanol–water partition coefficient (Wildman–Crippen LogP) is 2.38. The molecule has 2 fully saturated rings. The van der Waals surface area contributed by atoms with E-state index in [-0.39, 0.29) is 11.3 Å². The topological polar surface area (TPSA) is 55.1 Å². The molecule has 108 valence electrons. The molecular weight excluding hydrogens is 248 g/mol. The van der Waals surface area contributed by atoms with E-state index in [2.05, 4.69) is 29.6 Å². The van der Waals surface area contributed by atoms with Crippen molar-refractivity contribution in [3.8, 4) is 0 Å². The van der Waals surface area contributed by atoms with Crippen molar-refractivity contribution in [3.05, 3.63) is 35.4 Å². The van der Waals surface area contributed by atoms with Crippen LogP contribution in [-0.4, -0.2) is 12.5 Å². The van der Waals surface area contributed by atoms with Crippen LogP contribution < -0.4 is 11.1 Å². The van der Waals surface area contributed by atoms with Crippen molar-refractivity contribution in [1.82, 2.24) is 5.32 Å². The minimum Gasteiger partial charge on any atom is -0.352 e. The van der Waals surface area contributed by atoms with Gasteiger partial charge in [0.05, 0.1) is 5.41 Å². The molecule has 3 heteroatoms. The first-order valence-electron chi connectivity index (χ1n) is 7.81. The molecule has 2 aliphatic carbocycles. The highest BCUT2D eigenvalue weighted by molar-refractivity contribution is 5.84. The zero-order valence-electron chi connectivity index (χ0n) is 12.0. The van der Waals surface area contributed by atoms with Crippen molar-refractivity contribution >= 4 is 5.91 Å². The number of hydrogen-bond donors (Lipinski definition) is 2. The summed E-state index contributed by atoms with van der Waals surface area (Å²) in [5.41, 5.74) is 7.97. The van der Waals surface area contributed by atoms with Crippen LogP contribution in [0.1, 0.15) is 43.2 Å². The number of rotatable bonds is 6. The standard InChI is InChI=1S/C17H24N2O/c18-11-8-13-2-4-14(5-3-13)12-19-16(20)17(9-1-10-17)15-6-7-15/h2-5,15H,1,6-12,18H2,(H,19,20). The summed E-state index contributed by atoms with van der Waals surface area (Å²) in [5, 5.41) is 3.15. The number of benzene rings is 1. The zero-order chi connectivity index (χ0) is 14.0. The molecule has 0 saturated heterocycles. The Hall–Kier alpha value is -1.35. The molecule has 3 rings (SSSR count). The van der Waals surface area contributed by atoms with Crippen molar-refractivity contribution in [3.63, 3.8) is 0 Å². The van der Waals surface area contributed by atoms with Gasteiger partial charge in [0, 0.05) is 6.54 Å². The Labute approximate surface area is 120 Å². The fraction of sp³-hybridized carbons (Fsp3) is 0.588. The monoisotopic (exact) mass is 272 g/mol. The fourth-order valence-corrected chi connectivity index (χ4v) is 3.36. The molecule has 0 bridgehead atoms. The number of carbonyl (C=O) groups is 1. The third-order valence-corrected chi connectivity index (χ3v) is 4.97. The summed E-state index contributed by atoms with van der Waals surface area (Å²) in [6.45, 7) is 1.33. The van der Waals surface area contributed by atoms with Gasteiger partial charge >= 0.3 is 0 Å². The number of hydrogen-bond acceptors (Lipinski definition) is 2. The quantitative estimate of drug-likeness (QED) is 0.835. The van der Waals surface area contributed by atoms with Gasteiger partial charge in [0.2, 0.25) is 5.91 Å². The van der Waals surface area contributed by atoms with Crippen molar-refractivity contribution in [2.24, 2.45) is 17.1 Å². The number of nitrogens with one attached hydrogen (secondary N) is 1. The normalized spacial score (nSPS) is 20.2. The minimum atomic E-state index is -0.000506. The van der Waals surface area contributed by atoms with Crippen LogP contribution in [0.25, 0.3) is 0 Å². The summed E-state index contributed by atoms with van der Waals surface area (Å²) < 4.78 is 0. The van der Waals surface area contributed by atoms with E-state index in [1.165, 1.54) is 30.4 Å². The first-order valence-corrected chi connectivity index (χ1v) is 7.81. The molecule has 0 atom stereocenters. The van der Waals surface area contributed by atoms with E-state index in [1.807, 2.05) is 0 Å². The number of amides is 1. The maximum atomic E-state index is 12.4. The van der Waals surface area contributed by atoms with E-state index in [1.54, 1.807) is 0 Å². The van der Waals surface area contributed by atoms with E-state index in [4.69, 9.17) is 5.73 Å². The predicted molar refractivity (Wildman–Crippen MR) is 80.1 cm³/mol. The third kappa shape index (κ3) is 2.59. The number of carbonyl (C=O) groups excluding carboxylic acids is 1. The lowest BCUT2D eigenvalue weighted by atomic mass is 9.64. The molecule has 20 heavy (non-hydrogen) atoms. The summed E-state index contributed by atoms with van der Waals surface area (Å²) in [4.78, 5) is 12.4. The summed E-state index contributed by atoms with van der Waals surface area (Å²) in [5.74, 6) is 0.959. The minimum absolute atomic E-state index is 0.000506. The average molecular weight is 272 g/mol. The first kappa shape index (κ1) is 13.6. The van der Waals surface area contributed by atoms with Gasteiger partial charge in [-0.15, -0.1) is 0 Å². The number of nitrogens with two attached hydrogens (primary N) is 1. The molecular formula is C17H24N2O. The van der Waals surface area contributed by atoms with E-state index in [0.29, 0.717) is 19.0 Å². The van der Waals surface area contributed by atoms with Gasteiger partial charge in [-0.25, -0.2) is 0 Å². The van der Waals surface area contributed by atoms with E-state index in [9.17, 15) is 4.79 Å². The van der Waals surface area contributed by atoms with Gasteiger partial charge in [-0.3, -0.25) is 4.79 Å². The largest absolute Gasteiger partial charge is 0.352 e. The van der Waals surface area contributed by atoms with E-state index in [0.717, 1.165) is 19.3 Å². The van der Waals surface area contributed by atoms with Crippen molar-refractivity contribution < 1.29 is 4.79 Å². The van der Waals surface area contributed by atoms with Crippen LogP contribution in [0.5, 0.6) is 0 Å². The van der Waals surface area contributed by atoms with Gasteiger partial charge in [0.15, 0.2) is 0 Å². The van der Waals surface area contributed by atoms with E-state index < -0.39 is 0 Å². The molecule has 1 amide bonds. The summed E-state index contributed by atoms with van der Waals surface area (Å²) >= 11 is 0. The Kier molecular flexibility index (Phi) is 3.79. The van der Waals surface area contributed by atoms with Gasteiger partial charge in [-0.05, 0) is 55.7 Å². The molecule has 0 spiro atoms. The van der Waals surface area contributed by atoms with Crippen LogP contribution in [-0.2, 0) is 17.8 Å². The molecule has 0 unspecified atom stereocenters. The van der Waals surface area contributed by atoms with Crippen LogP contribution in [0.2, 0.25) is 0 Å². The van der Waals surface area contributed by atoms with Crippen molar-refractivity contribution in [2.45, 2.75) is 45.1 Å². The van der Waals surface area contributed by atoms with Gasteiger partial charge in [0.25, 0.3) is 0 Å². The smallest absolute Gasteiger partial charge is 0.226 e. The fourth-order valence-electron chi connectivity index (χ4n) is 3.36. The second-order valence-corrected chi connectivity index (χ2v) is 6.32. The second-order valence-electron chi connectivity index (χ2n) is 6.32. The molecule has 0 heterocycles. The lowest BCUT2D eigenvalue weighted by molar-refractivity contribution is -0.138. The first-order chi connectivity index (χ1) is 9.74. The Morgan fingerprint density at radius 3 is 2.35 bits per heavy atom. The highest BCUT2D eigenvalue weighted by atomic mass is 16.2. The molecule has 2 saturated carbocycles.